The van der Waals surface area contributed by atoms with Crippen molar-refractivity contribution in [1.82, 2.24) is 0 Å². The molecule has 0 saturated heterocycles. The maximum Gasteiger partial charge on any atom is 0.180 e. The predicted molar refractivity (Wildman–Crippen MR) is 90.0 cm³/mol. The molecule has 2 N–H and O–H groups in total. The van der Waals surface area contributed by atoms with Crippen molar-refractivity contribution in [1.29, 1.82) is 0 Å². The van der Waals surface area contributed by atoms with Crippen LogP contribution in [0.5, 0.6) is 0 Å². The summed E-state index contributed by atoms with van der Waals surface area (Å²) in [5, 5.41) is 0. The number of benzene rings is 3. The van der Waals surface area contributed by atoms with Gasteiger partial charge in [-0.2, -0.15) is 0 Å². The van der Waals surface area contributed by atoms with Crippen molar-refractivity contribution in [2.75, 3.05) is 5.73 Å². The SMILES string of the molecule is Nc1ccc([S+]2c3ccccc3Sc3ccccc32)cc1. The third-order valence-corrected chi connectivity index (χ3v) is 7.22. The lowest BCUT2D eigenvalue weighted by molar-refractivity contribution is 1.12. The normalized spacial score (nSPS) is 13.5. The highest BCUT2D eigenvalue weighted by Gasteiger charge is 2.37. The van der Waals surface area contributed by atoms with E-state index >= 15 is 0 Å². The zero-order valence-electron chi connectivity index (χ0n) is 11.3. The maximum atomic E-state index is 5.84. The first-order valence-electron chi connectivity index (χ1n) is 6.79. The number of hydrogen-bond donors (Lipinski definition) is 1. The molecule has 0 aliphatic carbocycles. The Morgan fingerprint density at radius 3 is 1.76 bits per heavy atom. The molecule has 0 saturated carbocycles. The summed E-state index contributed by atoms with van der Waals surface area (Å²) in [6.07, 6.45) is 0. The average Bonchev–Trinajstić information content (AvgIpc) is 2.53. The summed E-state index contributed by atoms with van der Waals surface area (Å²) in [6, 6.07) is 25.7. The number of rotatable bonds is 1. The van der Waals surface area contributed by atoms with E-state index in [2.05, 4.69) is 60.7 Å². The lowest BCUT2D eigenvalue weighted by atomic mass is 10.3. The van der Waals surface area contributed by atoms with Crippen LogP contribution in [0.3, 0.4) is 0 Å². The predicted octanol–water partition coefficient (Wildman–Crippen LogP) is 4.83. The van der Waals surface area contributed by atoms with Crippen molar-refractivity contribution in [3.63, 3.8) is 0 Å². The summed E-state index contributed by atoms with van der Waals surface area (Å²) in [7, 11) is -0.0426. The van der Waals surface area contributed by atoms with Crippen LogP contribution in [-0.4, -0.2) is 0 Å². The minimum atomic E-state index is -0.0426. The molecular weight excluding hydrogens is 294 g/mol. The van der Waals surface area contributed by atoms with Crippen LogP contribution in [0.1, 0.15) is 0 Å². The molecule has 21 heavy (non-hydrogen) atoms. The number of nitrogens with two attached hydrogens (primary N) is 1. The molecule has 1 aliphatic rings. The van der Waals surface area contributed by atoms with E-state index in [0.717, 1.165) is 5.69 Å². The summed E-state index contributed by atoms with van der Waals surface area (Å²) in [5.74, 6) is 0. The Hall–Kier alpha value is -1.84. The molecule has 3 aromatic carbocycles. The molecule has 102 valence electrons. The van der Waals surface area contributed by atoms with Gasteiger partial charge in [0.1, 0.15) is 10.9 Å². The van der Waals surface area contributed by atoms with E-state index in [1.54, 1.807) is 0 Å². The molecule has 0 bridgehead atoms. The molecule has 0 fully saturated rings. The van der Waals surface area contributed by atoms with Gasteiger partial charge in [-0.1, -0.05) is 36.0 Å². The summed E-state index contributed by atoms with van der Waals surface area (Å²) in [4.78, 5) is 6.86. The van der Waals surface area contributed by atoms with Crippen molar-refractivity contribution in [2.45, 2.75) is 24.5 Å². The van der Waals surface area contributed by atoms with Crippen LogP contribution in [0.25, 0.3) is 0 Å². The third-order valence-electron chi connectivity index (χ3n) is 3.47. The first kappa shape index (κ1) is 12.9. The van der Waals surface area contributed by atoms with Crippen molar-refractivity contribution >= 4 is 28.3 Å². The first-order valence-corrected chi connectivity index (χ1v) is 8.83. The van der Waals surface area contributed by atoms with Crippen LogP contribution in [0.2, 0.25) is 0 Å². The fourth-order valence-electron chi connectivity index (χ4n) is 2.50. The second-order valence-corrected chi connectivity index (χ2v) is 7.92. The summed E-state index contributed by atoms with van der Waals surface area (Å²) >= 11 is 1.87. The van der Waals surface area contributed by atoms with Gasteiger partial charge >= 0.3 is 0 Å². The Balaban J connectivity index is 1.95. The molecule has 0 unspecified atom stereocenters. The highest BCUT2D eigenvalue weighted by molar-refractivity contribution is 8.04. The van der Waals surface area contributed by atoms with Crippen LogP contribution in [0, 0.1) is 0 Å². The molecule has 3 heteroatoms. The highest BCUT2D eigenvalue weighted by Crippen LogP contribution is 2.47. The summed E-state index contributed by atoms with van der Waals surface area (Å²) in [6.45, 7) is 0. The molecule has 0 radical (unpaired) electrons. The zero-order valence-corrected chi connectivity index (χ0v) is 13.0. The molecule has 0 atom stereocenters. The minimum Gasteiger partial charge on any atom is -0.399 e. The average molecular weight is 308 g/mol. The fourth-order valence-corrected chi connectivity index (χ4v) is 6.24. The molecule has 0 spiro atoms. The van der Waals surface area contributed by atoms with Gasteiger partial charge in [0.15, 0.2) is 14.7 Å². The topological polar surface area (TPSA) is 26.0 Å². The highest BCUT2D eigenvalue weighted by atomic mass is 32.2. The largest absolute Gasteiger partial charge is 0.399 e. The Bertz CT molecular complexity index is 751. The third kappa shape index (κ3) is 2.23. The van der Waals surface area contributed by atoms with Gasteiger partial charge in [-0.05, 0) is 48.5 Å². The van der Waals surface area contributed by atoms with Crippen molar-refractivity contribution in [3.05, 3.63) is 72.8 Å². The van der Waals surface area contributed by atoms with Gasteiger partial charge < -0.3 is 5.73 Å². The maximum absolute atomic E-state index is 5.84. The van der Waals surface area contributed by atoms with Gasteiger partial charge in [0.25, 0.3) is 0 Å². The van der Waals surface area contributed by atoms with E-state index in [-0.39, 0.29) is 10.9 Å². The van der Waals surface area contributed by atoms with Crippen LogP contribution < -0.4 is 5.73 Å². The van der Waals surface area contributed by atoms with Gasteiger partial charge in [0.05, 0.1) is 9.79 Å². The smallest absolute Gasteiger partial charge is 0.180 e. The standard InChI is InChI=1S/C18H14NS2/c19-13-9-11-14(12-10-13)21-17-7-3-1-5-15(17)20-16-6-2-4-8-18(16)21/h1-12H,19H2/q+1. The first-order chi connectivity index (χ1) is 10.3. The molecule has 4 rings (SSSR count). The molecule has 1 nitrogen and oxygen atoms in total. The molecule has 0 aromatic heterocycles. The van der Waals surface area contributed by atoms with Gasteiger partial charge in [0.2, 0.25) is 0 Å². The zero-order chi connectivity index (χ0) is 14.2. The number of anilines is 1. The van der Waals surface area contributed by atoms with E-state index in [9.17, 15) is 0 Å². The Labute approximate surface area is 131 Å². The molecule has 3 aromatic rings. The number of hydrogen-bond acceptors (Lipinski definition) is 2. The Morgan fingerprint density at radius 1 is 0.667 bits per heavy atom. The monoisotopic (exact) mass is 308 g/mol. The van der Waals surface area contributed by atoms with E-state index in [1.165, 1.54) is 24.5 Å². The quantitative estimate of drug-likeness (QED) is 0.402. The molecule has 1 heterocycles. The summed E-state index contributed by atoms with van der Waals surface area (Å²) < 4.78 is 0. The van der Waals surface area contributed by atoms with Crippen LogP contribution in [-0.2, 0) is 10.9 Å². The van der Waals surface area contributed by atoms with Gasteiger partial charge in [-0.25, -0.2) is 0 Å². The van der Waals surface area contributed by atoms with E-state index < -0.39 is 0 Å². The Kier molecular flexibility index (Phi) is 3.17. The van der Waals surface area contributed by atoms with Crippen LogP contribution >= 0.6 is 11.8 Å². The second-order valence-electron chi connectivity index (χ2n) is 4.87. The van der Waals surface area contributed by atoms with E-state index in [0.29, 0.717) is 0 Å². The van der Waals surface area contributed by atoms with Gasteiger partial charge in [-0.3, -0.25) is 0 Å². The van der Waals surface area contributed by atoms with Gasteiger partial charge in [-0.15, -0.1) is 0 Å². The van der Waals surface area contributed by atoms with Crippen molar-refractivity contribution in [3.8, 4) is 0 Å². The summed E-state index contributed by atoms with van der Waals surface area (Å²) in [5.41, 5.74) is 6.66. The Morgan fingerprint density at radius 2 is 1.19 bits per heavy atom. The second kappa shape index (κ2) is 5.17. The van der Waals surface area contributed by atoms with E-state index in [1.807, 2.05) is 23.9 Å². The van der Waals surface area contributed by atoms with Crippen molar-refractivity contribution in [2.24, 2.45) is 0 Å². The minimum absolute atomic E-state index is 0.0426. The number of fused-ring (bicyclic) bond motifs is 2. The lowest BCUT2D eigenvalue weighted by Gasteiger charge is -2.18. The van der Waals surface area contributed by atoms with Gasteiger partial charge in [0, 0.05) is 5.69 Å². The van der Waals surface area contributed by atoms with Crippen LogP contribution in [0.4, 0.5) is 5.69 Å². The fraction of sp³-hybridized carbons (Fsp3) is 0. The van der Waals surface area contributed by atoms with Crippen molar-refractivity contribution < 1.29 is 0 Å². The number of nitrogen functional groups attached to an aromatic ring is 1. The van der Waals surface area contributed by atoms with E-state index in [4.69, 9.17) is 5.73 Å². The lowest BCUT2D eigenvalue weighted by Crippen LogP contribution is -2.10. The molecule has 1 aliphatic heterocycles. The molecular formula is C18H14NS2+. The molecule has 0 amide bonds. The van der Waals surface area contributed by atoms with Crippen LogP contribution in [0.15, 0.2) is 97.3 Å².